The molecule has 1 saturated carbocycles. The van der Waals surface area contributed by atoms with Crippen LogP contribution in [0.5, 0.6) is 0 Å². The molecule has 5 N–H and O–H groups in total. The van der Waals surface area contributed by atoms with Crippen LogP contribution in [0, 0.1) is 0 Å². The number of nitrogens with two attached hydrogens (primary N) is 1. The predicted molar refractivity (Wildman–Crippen MR) is 106 cm³/mol. The summed E-state index contributed by atoms with van der Waals surface area (Å²) in [5, 5.41) is 9.68. The van der Waals surface area contributed by atoms with Crippen molar-refractivity contribution in [3.63, 3.8) is 0 Å². The van der Waals surface area contributed by atoms with E-state index in [0.29, 0.717) is 17.9 Å². The lowest BCUT2D eigenvalue weighted by Gasteiger charge is -2.19. The number of pyridine rings is 1. The highest BCUT2D eigenvalue weighted by atomic mass is 32.2. The quantitative estimate of drug-likeness (QED) is 0.606. The van der Waals surface area contributed by atoms with E-state index in [1.807, 2.05) is 24.5 Å². The predicted octanol–water partition coefficient (Wildman–Crippen LogP) is 3.08. The van der Waals surface area contributed by atoms with E-state index in [-0.39, 0.29) is 18.0 Å². The number of nitrogens with one attached hydrogen (secondary N) is 3. The standard InChI is InChI=1S/C19H23N5OS/c1-26-13-5-2-4-12(9-13)22-18-17-11(10-21-19(17)25)8-16(24-18)23-15-7-3-6-14(15)20/h2,4-5,8-9,14-15H,3,6-7,10,20H2,1H3,(H,21,25)(H2,22,23,24)/t14-,15?/m0/s1. The molecule has 26 heavy (non-hydrogen) atoms. The molecule has 136 valence electrons. The third-order valence-electron chi connectivity index (χ3n) is 5.00. The molecule has 2 aliphatic rings. The van der Waals surface area contributed by atoms with Crippen molar-refractivity contribution in [1.29, 1.82) is 0 Å². The smallest absolute Gasteiger partial charge is 0.255 e. The number of amides is 1. The summed E-state index contributed by atoms with van der Waals surface area (Å²) in [6, 6.07) is 10.4. The van der Waals surface area contributed by atoms with Crippen molar-refractivity contribution in [3.8, 4) is 0 Å². The lowest BCUT2D eigenvalue weighted by Crippen LogP contribution is -2.35. The van der Waals surface area contributed by atoms with Crippen LogP contribution in [0.2, 0.25) is 0 Å². The van der Waals surface area contributed by atoms with E-state index < -0.39 is 0 Å². The molecule has 1 fully saturated rings. The lowest BCUT2D eigenvalue weighted by molar-refractivity contribution is 0.0966. The fourth-order valence-corrected chi connectivity index (χ4v) is 4.07. The normalized spacial score (nSPS) is 21.4. The molecule has 2 aromatic rings. The molecule has 1 aliphatic carbocycles. The van der Waals surface area contributed by atoms with Crippen LogP contribution in [0.1, 0.15) is 35.2 Å². The lowest BCUT2D eigenvalue weighted by atomic mass is 10.1. The second kappa shape index (κ2) is 7.17. The Bertz CT molecular complexity index is 841. The summed E-state index contributed by atoms with van der Waals surface area (Å²) in [6.07, 6.45) is 5.26. The number of carbonyl (C=O) groups excluding carboxylic acids is 1. The minimum atomic E-state index is -0.0832. The molecule has 0 saturated heterocycles. The van der Waals surface area contributed by atoms with Crippen molar-refractivity contribution < 1.29 is 4.79 Å². The van der Waals surface area contributed by atoms with Gasteiger partial charge in [-0.15, -0.1) is 11.8 Å². The third-order valence-corrected chi connectivity index (χ3v) is 5.73. The van der Waals surface area contributed by atoms with Gasteiger partial charge in [-0.05, 0) is 55.3 Å². The van der Waals surface area contributed by atoms with Crippen LogP contribution in [-0.4, -0.2) is 29.2 Å². The van der Waals surface area contributed by atoms with Gasteiger partial charge in [0.15, 0.2) is 0 Å². The Morgan fingerprint density at radius 2 is 2.19 bits per heavy atom. The zero-order valence-corrected chi connectivity index (χ0v) is 15.5. The Balaban J connectivity index is 1.66. The van der Waals surface area contributed by atoms with E-state index in [1.165, 1.54) is 0 Å². The molecule has 6 nitrogen and oxygen atoms in total. The summed E-state index contributed by atoms with van der Waals surface area (Å²) in [6.45, 7) is 0.529. The molecule has 1 aromatic heterocycles. The molecule has 1 aromatic carbocycles. The first-order valence-electron chi connectivity index (χ1n) is 8.89. The molecule has 4 rings (SSSR count). The number of carbonyl (C=O) groups is 1. The fraction of sp³-hybridized carbons (Fsp3) is 0.368. The van der Waals surface area contributed by atoms with Gasteiger partial charge in [-0.1, -0.05) is 6.07 Å². The van der Waals surface area contributed by atoms with Crippen LogP contribution in [-0.2, 0) is 6.54 Å². The molecule has 1 aliphatic heterocycles. The minimum absolute atomic E-state index is 0.0832. The summed E-state index contributed by atoms with van der Waals surface area (Å²) in [7, 11) is 0. The number of benzene rings is 1. The largest absolute Gasteiger partial charge is 0.366 e. The molecule has 0 spiro atoms. The zero-order chi connectivity index (χ0) is 18.1. The maximum Gasteiger partial charge on any atom is 0.255 e. The van der Waals surface area contributed by atoms with Crippen LogP contribution >= 0.6 is 11.8 Å². The average Bonchev–Trinajstić information content (AvgIpc) is 3.21. The van der Waals surface area contributed by atoms with Crippen molar-refractivity contribution in [2.24, 2.45) is 5.73 Å². The number of hydrogen-bond donors (Lipinski definition) is 4. The minimum Gasteiger partial charge on any atom is -0.366 e. The van der Waals surface area contributed by atoms with Gasteiger partial charge in [0.05, 0.1) is 5.56 Å². The highest BCUT2D eigenvalue weighted by Gasteiger charge is 2.28. The molecule has 2 atom stereocenters. The van der Waals surface area contributed by atoms with E-state index in [1.54, 1.807) is 11.8 Å². The van der Waals surface area contributed by atoms with Crippen LogP contribution in [0.25, 0.3) is 0 Å². The van der Waals surface area contributed by atoms with Gasteiger partial charge in [-0.2, -0.15) is 0 Å². The number of rotatable bonds is 5. The van der Waals surface area contributed by atoms with Crippen LogP contribution in [0.15, 0.2) is 35.2 Å². The summed E-state index contributed by atoms with van der Waals surface area (Å²) in [5.41, 5.74) is 8.68. The summed E-state index contributed by atoms with van der Waals surface area (Å²) in [4.78, 5) is 18.1. The first kappa shape index (κ1) is 17.2. The first-order valence-corrected chi connectivity index (χ1v) is 10.1. The molecule has 0 bridgehead atoms. The van der Waals surface area contributed by atoms with Gasteiger partial charge in [0.2, 0.25) is 0 Å². The van der Waals surface area contributed by atoms with E-state index in [0.717, 1.165) is 41.2 Å². The Kier molecular flexibility index (Phi) is 4.74. The SMILES string of the molecule is CSc1cccc(Nc2nc(NC3CCC[C@@H]3N)cc3c2C(=O)NC3)c1. The summed E-state index contributed by atoms with van der Waals surface area (Å²) in [5.74, 6) is 1.27. The van der Waals surface area contributed by atoms with Crippen molar-refractivity contribution in [2.75, 3.05) is 16.9 Å². The summed E-state index contributed by atoms with van der Waals surface area (Å²) >= 11 is 1.68. The number of anilines is 3. The second-order valence-corrected chi connectivity index (χ2v) is 7.66. The van der Waals surface area contributed by atoms with Crippen molar-refractivity contribution in [3.05, 3.63) is 41.5 Å². The molecule has 7 heteroatoms. The Morgan fingerprint density at radius 3 is 2.96 bits per heavy atom. The van der Waals surface area contributed by atoms with Gasteiger partial charge in [-0.25, -0.2) is 4.98 Å². The second-order valence-electron chi connectivity index (χ2n) is 6.78. The topological polar surface area (TPSA) is 92.1 Å². The molecule has 0 radical (unpaired) electrons. The van der Waals surface area contributed by atoms with Crippen LogP contribution in [0.3, 0.4) is 0 Å². The van der Waals surface area contributed by atoms with E-state index in [4.69, 9.17) is 10.7 Å². The number of nitrogens with zero attached hydrogens (tertiary/aromatic N) is 1. The van der Waals surface area contributed by atoms with Gasteiger partial charge in [-0.3, -0.25) is 4.79 Å². The van der Waals surface area contributed by atoms with Gasteiger partial charge < -0.3 is 21.7 Å². The Labute approximate surface area is 157 Å². The molecular weight excluding hydrogens is 346 g/mol. The van der Waals surface area contributed by atoms with Gasteiger partial charge in [0, 0.05) is 29.2 Å². The maximum absolute atomic E-state index is 12.3. The van der Waals surface area contributed by atoms with Crippen molar-refractivity contribution in [2.45, 2.75) is 42.8 Å². The van der Waals surface area contributed by atoms with E-state index >= 15 is 0 Å². The van der Waals surface area contributed by atoms with Gasteiger partial charge in [0.1, 0.15) is 11.6 Å². The zero-order valence-electron chi connectivity index (χ0n) is 14.7. The number of aromatic nitrogens is 1. The average molecular weight is 369 g/mol. The molecular formula is C19H23N5OS. The number of thioether (sulfide) groups is 1. The number of hydrogen-bond acceptors (Lipinski definition) is 6. The highest BCUT2D eigenvalue weighted by Crippen LogP contribution is 2.30. The van der Waals surface area contributed by atoms with Crippen molar-refractivity contribution in [1.82, 2.24) is 10.3 Å². The van der Waals surface area contributed by atoms with E-state index in [2.05, 4.69) is 28.1 Å². The Morgan fingerprint density at radius 1 is 1.31 bits per heavy atom. The van der Waals surface area contributed by atoms with Gasteiger partial charge in [0.25, 0.3) is 5.91 Å². The fourth-order valence-electron chi connectivity index (χ4n) is 3.61. The van der Waals surface area contributed by atoms with E-state index in [9.17, 15) is 4.79 Å². The van der Waals surface area contributed by atoms with Gasteiger partial charge >= 0.3 is 0 Å². The van der Waals surface area contributed by atoms with Crippen LogP contribution in [0.4, 0.5) is 17.3 Å². The third kappa shape index (κ3) is 3.37. The molecule has 1 amide bonds. The van der Waals surface area contributed by atoms with Crippen LogP contribution < -0.4 is 21.7 Å². The monoisotopic (exact) mass is 369 g/mol. The molecule has 1 unspecified atom stereocenters. The van der Waals surface area contributed by atoms with Crippen molar-refractivity contribution >= 4 is 35.0 Å². The number of fused-ring (bicyclic) bond motifs is 1. The maximum atomic E-state index is 12.3. The highest BCUT2D eigenvalue weighted by molar-refractivity contribution is 7.98. The first-order chi connectivity index (χ1) is 12.6. The molecule has 2 heterocycles. The Hall–Kier alpha value is -2.25. The summed E-state index contributed by atoms with van der Waals surface area (Å²) < 4.78 is 0.